The Morgan fingerprint density at radius 2 is 2.00 bits per heavy atom. The lowest BCUT2D eigenvalue weighted by Crippen LogP contribution is -2.02. The summed E-state index contributed by atoms with van der Waals surface area (Å²) in [5.41, 5.74) is 1.69. The van der Waals surface area contributed by atoms with E-state index in [4.69, 9.17) is 9.52 Å². The van der Waals surface area contributed by atoms with Crippen LogP contribution < -0.4 is 0 Å². The second kappa shape index (κ2) is 4.77. The van der Waals surface area contributed by atoms with Crippen LogP contribution in [0.1, 0.15) is 21.7 Å². The van der Waals surface area contributed by atoms with Gasteiger partial charge in [0.15, 0.2) is 5.76 Å². The van der Waals surface area contributed by atoms with Gasteiger partial charge in [-0.25, -0.2) is 0 Å². The van der Waals surface area contributed by atoms with E-state index in [0.29, 0.717) is 12.2 Å². The molecule has 1 aromatic heterocycles. The molecule has 0 saturated carbocycles. The Hall–Kier alpha value is -1.87. The lowest BCUT2D eigenvalue weighted by atomic mass is 10.1. The Bertz CT molecular complexity index is 472. The van der Waals surface area contributed by atoms with Gasteiger partial charge in [-0.05, 0) is 23.3 Å². The van der Waals surface area contributed by atoms with E-state index in [1.165, 1.54) is 6.26 Å². The molecule has 3 nitrogen and oxygen atoms in total. The van der Waals surface area contributed by atoms with E-state index in [1.54, 1.807) is 12.1 Å². The number of Topliss-reactive ketones (excluding diaryl/α,β-unsaturated/α-hetero) is 1. The largest absolute Gasteiger partial charge is 0.461 e. The molecule has 0 atom stereocenters. The van der Waals surface area contributed by atoms with E-state index in [1.807, 2.05) is 24.3 Å². The van der Waals surface area contributed by atoms with Crippen molar-refractivity contribution < 1.29 is 14.3 Å². The van der Waals surface area contributed by atoms with Crippen molar-refractivity contribution in [3.8, 4) is 0 Å². The zero-order chi connectivity index (χ0) is 11.4. The van der Waals surface area contributed by atoms with E-state index < -0.39 is 0 Å². The molecule has 2 rings (SSSR count). The Kier molecular flexibility index (Phi) is 3.17. The van der Waals surface area contributed by atoms with Crippen LogP contribution in [0.3, 0.4) is 0 Å². The van der Waals surface area contributed by atoms with Crippen LogP contribution in [-0.4, -0.2) is 10.9 Å². The number of ketones is 1. The second-order valence-electron chi connectivity index (χ2n) is 3.56. The van der Waals surface area contributed by atoms with Crippen molar-refractivity contribution in [2.75, 3.05) is 0 Å². The number of carbonyl (C=O) groups is 1. The molecule has 0 saturated heterocycles. The Balaban J connectivity index is 2.12. The molecule has 16 heavy (non-hydrogen) atoms. The molecule has 0 amide bonds. The average Bonchev–Trinajstić information content (AvgIpc) is 2.83. The first-order valence-corrected chi connectivity index (χ1v) is 5.05. The molecule has 1 N–H and O–H groups in total. The van der Waals surface area contributed by atoms with E-state index >= 15 is 0 Å². The number of furan rings is 1. The molecule has 0 unspecified atom stereocenters. The number of rotatable bonds is 4. The SMILES string of the molecule is O=C(Cc1cccc(CO)c1)c1ccco1. The minimum Gasteiger partial charge on any atom is -0.461 e. The lowest BCUT2D eigenvalue weighted by molar-refractivity contribution is 0.0966. The standard InChI is InChI=1S/C13H12O3/c14-9-11-4-1-3-10(7-11)8-12(15)13-5-2-6-16-13/h1-7,14H,8-9H2. The minimum absolute atomic E-state index is 0.0111. The molecule has 0 bridgehead atoms. The third-order valence-electron chi connectivity index (χ3n) is 2.33. The maximum atomic E-state index is 11.7. The Morgan fingerprint density at radius 1 is 1.19 bits per heavy atom. The van der Waals surface area contributed by atoms with Crippen LogP contribution >= 0.6 is 0 Å². The van der Waals surface area contributed by atoms with Gasteiger partial charge in [0.25, 0.3) is 0 Å². The minimum atomic E-state index is -0.0555. The van der Waals surface area contributed by atoms with Crippen molar-refractivity contribution in [1.82, 2.24) is 0 Å². The smallest absolute Gasteiger partial charge is 0.202 e. The van der Waals surface area contributed by atoms with Gasteiger partial charge in [-0.3, -0.25) is 4.79 Å². The van der Waals surface area contributed by atoms with Crippen molar-refractivity contribution in [3.05, 3.63) is 59.5 Å². The fourth-order valence-corrected chi connectivity index (χ4v) is 1.55. The molecule has 3 heteroatoms. The highest BCUT2D eigenvalue weighted by Gasteiger charge is 2.09. The van der Waals surface area contributed by atoms with Gasteiger partial charge in [-0.15, -0.1) is 0 Å². The van der Waals surface area contributed by atoms with Gasteiger partial charge in [-0.1, -0.05) is 24.3 Å². The quantitative estimate of drug-likeness (QED) is 0.797. The summed E-state index contributed by atoms with van der Waals surface area (Å²) >= 11 is 0. The topological polar surface area (TPSA) is 50.4 Å². The predicted molar refractivity (Wildman–Crippen MR) is 59.1 cm³/mol. The van der Waals surface area contributed by atoms with E-state index in [2.05, 4.69) is 0 Å². The summed E-state index contributed by atoms with van der Waals surface area (Å²) in [6.45, 7) is -0.0111. The molecule has 2 aromatic rings. The van der Waals surface area contributed by atoms with Crippen LogP contribution in [0.15, 0.2) is 47.1 Å². The summed E-state index contributed by atoms with van der Waals surface area (Å²) in [6.07, 6.45) is 1.78. The van der Waals surface area contributed by atoms with E-state index in [0.717, 1.165) is 11.1 Å². The molecular weight excluding hydrogens is 204 g/mol. The molecule has 1 aromatic carbocycles. The third kappa shape index (κ3) is 2.38. The summed E-state index contributed by atoms with van der Waals surface area (Å²) in [6, 6.07) is 10.7. The second-order valence-corrected chi connectivity index (χ2v) is 3.56. The molecule has 1 heterocycles. The molecular formula is C13H12O3. The van der Waals surface area contributed by atoms with E-state index in [9.17, 15) is 4.79 Å². The van der Waals surface area contributed by atoms with Crippen LogP contribution in [-0.2, 0) is 13.0 Å². The van der Waals surface area contributed by atoms with Crippen molar-refractivity contribution in [1.29, 1.82) is 0 Å². The Labute approximate surface area is 93.3 Å². The van der Waals surface area contributed by atoms with Crippen LogP contribution in [0.2, 0.25) is 0 Å². The number of hydrogen-bond acceptors (Lipinski definition) is 3. The molecule has 0 aliphatic rings. The van der Waals surface area contributed by atoms with Crippen LogP contribution in [0, 0.1) is 0 Å². The van der Waals surface area contributed by atoms with Crippen molar-refractivity contribution in [2.24, 2.45) is 0 Å². The number of hydrogen-bond donors (Lipinski definition) is 1. The molecule has 0 aliphatic heterocycles. The number of aliphatic hydroxyl groups is 1. The maximum absolute atomic E-state index is 11.7. The highest BCUT2D eigenvalue weighted by Crippen LogP contribution is 2.10. The highest BCUT2D eigenvalue weighted by atomic mass is 16.3. The van der Waals surface area contributed by atoms with Gasteiger partial charge < -0.3 is 9.52 Å². The summed E-state index contributed by atoms with van der Waals surface area (Å²) in [5.74, 6) is 0.314. The van der Waals surface area contributed by atoms with Gasteiger partial charge in [-0.2, -0.15) is 0 Å². The molecule has 0 fully saturated rings. The van der Waals surface area contributed by atoms with Gasteiger partial charge >= 0.3 is 0 Å². The zero-order valence-electron chi connectivity index (χ0n) is 8.72. The average molecular weight is 216 g/mol. The van der Waals surface area contributed by atoms with Gasteiger partial charge in [0.1, 0.15) is 0 Å². The monoisotopic (exact) mass is 216 g/mol. The highest BCUT2D eigenvalue weighted by molar-refractivity contribution is 5.94. The van der Waals surface area contributed by atoms with Crippen LogP contribution in [0.5, 0.6) is 0 Å². The van der Waals surface area contributed by atoms with Crippen molar-refractivity contribution >= 4 is 5.78 Å². The lowest BCUT2D eigenvalue weighted by Gasteiger charge is -2.01. The van der Waals surface area contributed by atoms with Gasteiger partial charge in [0, 0.05) is 6.42 Å². The predicted octanol–water partition coefficient (Wildman–Crippen LogP) is 2.20. The van der Waals surface area contributed by atoms with Gasteiger partial charge in [0.05, 0.1) is 12.9 Å². The number of carbonyl (C=O) groups excluding carboxylic acids is 1. The zero-order valence-corrected chi connectivity index (χ0v) is 8.72. The fourth-order valence-electron chi connectivity index (χ4n) is 1.55. The first-order valence-electron chi connectivity index (χ1n) is 5.05. The first-order chi connectivity index (χ1) is 7.79. The normalized spacial score (nSPS) is 10.3. The van der Waals surface area contributed by atoms with Crippen molar-refractivity contribution in [2.45, 2.75) is 13.0 Å². The molecule has 0 aliphatic carbocycles. The third-order valence-corrected chi connectivity index (χ3v) is 2.33. The van der Waals surface area contributed by atoms with Crippen LogP contribution in [0.25, 0.3) is 0 Å². The summed E-state index contributed by atoms with van der Waals surface area (Å²) in [4.78, 5) is 11.7. The maximum Gasteiger partial charge on any atom is 0.202 e. The van der Waals surface area contributed by atoms with Crippen molar-refractivity contribution in [3.63, 3.8) is 0 Å². The van der Waals surface area contributed by atoms with Gasteiger partial charge in [0.2, 0.25) is 5.78 Å². The molecule has 0 radical (unpaired) electrons. The number of aliphatic hydroxyl groups excluding tert-OH is 1. The molecule has 82 valence electrons. The summed E-state index contributed by atoms with van der Waals surface area (Å²) in [7, 11) is 0. The number of benzene rings is 1. The first kappa shape index (κ1) is 10.6. The summed E-state index contributed by atoms with van der Waals surface area (Å²) in [5, 5.41) is 8.98. The van der Waals surface area contributed by atoms with E-state index in [-0.39, 0.29) is 12.4 Å². The molecule has 0 spiro atoms. The summed E-state index contributed by atoms with van der Waals surface area (Å²) < 4.78 is 5.03. The van der Waals surface area contributed by atoms with Crippen LogP contribution in [0.4, 0.5) is 0 Å². The Morgan fingerprint density at radius 3 is 2.69 bits per heavy atom. The fraction of sp³-hybridized carbons (Fsp3) is 0.154.